The van der Waals surface area contributed by atoms with Crippen LogP contribution in [0.5, 0.6) is 0 Å². The highest BCUT2D eigenvalue weighted by Crippen LogP contribution is 2.21. The van der Waals surface area contributed by atoms with E-state index in [9.17, 15) is 18.0 Å². The Labute approximate surface area is 109 Å². The number of carbonyl (C=O) groups is 1. The van der Waals surface area contributed by atoms with Gasteiger partial charge in [-0.15, -0.1) is 12.4 Å². The van der Waals surface area contributed by atoms with Gasteiger partial charge in [-0.3, -0.25) is 0 Å². The molecule has 0 aliphatic heterocycles. The summed E-state index contributed by atoms with van der Waals surface area (Å²) >= 11 is 0. The Morgan fingerprint density at radius 2 is 2.06 bits per heavy atom. The van der Waals surface area contributed by atoms with Gasteiger partial charge >= 0.3 is 5.97 Å². The quantitative estimate of drug-likeness (QED) is 0.863. The van der Waals surface area contributed by atoms with Crippen molar-refractivity contribution in [1.29, 1.82) is 0 Å². The molecule has 0 radical (unpaired) electrons. The maximum atomic E-state index is 13.5. The first-order valence-corrected chi connectivity index (χ1v) is 4.98. The summed E-state index contributed by atoms with van der Waals surface area (Å²) in [5.74, 6) is -2.82. The van der Waals surface area contributed by atoms with E-state index in [0.717, 1.165) is 18.2 Å². The van der Waals surface area contributed by atoms with Crippen molar-refractivity contribution in [3.63, 3.8) is 0 Å². The van der Waals surface area contributed by atoms with E-state index in [2.05, 4.69) is 4.74 Å². The molecule has 0 saturated carbocycles. The van der Waals surface area contributed by atoms with Crippen LogP contribution in [0.15, 0.2) is 18.2 Å². The van der Waals surface area contributed by atoms with Crippen molar-refractivity contribution in [3.05, 3.63) is 35.4 Å². The second kappa shape index (κ2) is 7.23. The molecule has 1 rings (SSSR count). The molecule has 0 heterocycles. The van der Waals surface area contributed by atoms with E-state index in [4.69, 9.17) is 5.73 Å². The molecular weight excluding hydrogens is 271 g/mol. The molecule has 0 aliphatic carbocycles. The Morgan fingerprint density at radius 3 is 2.61 bits per heavy atom. The number of esters is 1. The number of carbonyl (C=O) groups excluding carboxylic acids is 1. The monoisotopic (exact) mass is 283 g/mol. The fourth-order valence-electron chi connectivity index (χ4n) is 1.30. The number of hydrogen-bond acceptors (Lipinski definition) is 3. The van der Waals surface area contributed by atoms with Crippen molar-refractivity contribution in [2.45, 2.75) is 19.1 Å². The molecule has 0 aromatic heterocycles. The summed E-state index contributed by atoms with van der Waals surface area (Å²) in [7, 11) is 0. The van der Waals surface area contributed by atoms with Gasteiger partial charge in [0.25, 0.3) is 0 Å². The highest BCUT2D eigenvalue weighted by Gasteiger charge is 2.29. The molecule has 2 atom stereocenters. The third-order valence-electron chi connectivity index (χ3n) is 2.14. The summed E-state index contributed by atoms with van der Waals surface area (Å²) in [5, 5.41) is 0. The molecule has 0 bridgehead atoms. The largest absolute Gasteiger partial charge is 0.464 e. The van der Waals surface area contributed by atoms with E-state index >= 15 is 0 Å². The van der Waals surface area contributed by atoms with Crippen molar-refractivity contribution in [2.75, 3.05) is 6.61 Å². The Morgan fingerprint density at radius 1 is 1.44 bits per heavy atom. The van der Waals surface area contributed by atoms with E-state index in [1.807, 2.05) is 0 Å². The van der Waals surface area contributed by atoms with Gasteiger partial charge in [-0.1, -0.05) is 0 Å². The fraction of sp³-hybridized carbons (Fsp3) is 0.364. The van der Waals surface area contributed by atoms with Gasteiger partial charge in [0.05, 0.1) is 12.6 Å². The maximum Gasteiger partial charge on any atom is 0.342 e. The number of hydrogen-bond donors (Lipinski definition) is 1. The summed E-state index contributed by atoms with van der Waals surface area (Å²) < 4.78 is 44.0. The molecule has 102 valence electrons. The molecule has 0 aliphatic rings. The summed E-state index contributed by atoms with van der Waals surface area (Å²) in [5.41, 5.74) is 4.96. The van der Waals surface area contributed by atoms with Crippen LogP contribution in [0.4, 0.5) is 13.2 Å². The lowest BCUT2D eigenvalue weighted by atomic mass is 10.0. The van der Waals surface area contributed by atoms with Gasteiger partial charge in [-0.2, -0.15) is 0 Å². The van der Waals surface area contributed by atoms with Crippen LogP contribution >= 0.6 is 12.4 Å². The summed E-state index contributed by atoms with van der Waals surface area (Å²) in [4.78, 5) is 11.1. The highest BCUT2D eigenvalue weighted by atomic mass is 35.5. The minimum absolute atomic E-state index is 0. The van der Waals surface area contributed by atoms with Crippen LogP contribution in [0.25, 0.3) is 0 Å². The molecule has 1 aromatic rings. The van der Waals surface area contributed by atoms with Crippen molar-refractivity contribution in [2.24, 2.45) is 5.73 Å². The topological polar surface area (TPSA) is 52.3 Å². The number of ether oxygens (including phenoxy) is 1. The lowest BCUT2D eigenvalue weighted by molar-refractivity contribution is -0.149. The summed E-state index contributed by atoms with van der Waals surface area (Å²) in [6.45, 7) is 1.48. The minimum atomic E-state index is -2.23. The second-order valence-electron chi connectivity index (χ2n) is 3.35. The second-order valence-corrected chi connectivity index (χ2v) is 3.35. The Kier molecular flexibility index (Phi) is 6.72. The van der Waals surface area contributed by atoms with Crippen molar-refractivity contribution < 1.29 is 22.7 Å². The van der Waals surface area contributed by atoms with Crippen LogP contribution in [0.1, 0.15) is 18.5 Å². The summed E-state index contributed by atoms with van der Waals surface area (Å²) in [6, 6.07) is 0.863. The molecule has 0 saturated heterocycles. The average Bonchev–Trinajstić information content (AvgIpc) is 2.30. The van der Waals surface area contributed by atoms with Crippen molar-refractivity contribution in [1.82, 2.24) is 0 Å². The molecule has 0 amide bonds. The minimum Gasteiger partial charge on any atom is -0.464 e. The van der Waals surface area contributed by atoms with E-state index in [1.165, 1.54) is 6.92 Å². The van der Waals surface area contributed by atoms with Gasteiger partial charge in [0, 0.05) is 5.56 Å². The Balaban J connectivity index is 0.00000289. The van der Waals surface area contributed by atoms with Crippen LogP contribution in [0, 0.1) is 11.6 Å². The molecule has 1 aromatic carbocycles. The lowest BCUT2D eigenvalue weighted by Crippen LogP contribution is -2.32. The van der Waals surface area contributed by atoms with Crippen LogP contribution in [0.2, 0.25) is 0 Å². The third-order valence-corrected chi connectivity index (χ3v) is 2.14. The number of alkyl halides is 1. The lowest BCUT2D eigenvalue weighted by Gasteiger charge is -2.16. The van der Waals surface area contributed by atoms with Crippen LogP contribution in [-0.2, 0) is 9.53 Å². The van der Waals surface area contributed by atoms with Gasteiger partial charge < -0.3 is 10.5 Å². The predicted octanol–water partition coefficient (Wildman–Crippen LogP) is 2.29. The molecule has 18 heavy (non-hydrogen) atoms. The van der Waals surface area contributed by atoms with E-state index in [1.54, 1.807) is 0 Å². The van der Waals surface area contributed by atoms with E-state index < -0.39 is 35.4 Å². The van der Waals surface area contributed by atoms with E-state index in [0.29, 0.717) is 0 Å². The van der Waals surface area contributed by atoms with Crippen molar-refractivity contribution >= 4 is 18.4 Å². The van der Waals surface area contributed by atoms with Gasteiger partial charge in [-0.05, 0) is 25.1 Å². The SMILES string of the molecule is CCOC(=O)C(F)[C@@H](N)c1cc(F)ccc1F.Cl. The van der Waals surface area contributed by atoms with Gasteiger partial charge in [0.1, 0.15) is 11.6 Å². The Hall–Kier alpha value is -1.27. The molecule has 2 N–H and O–H groups in total. The number of benzene rings is 1. The van der Waals surface area contributed by atoms with Gasteiger partial charge in [0.2, 0.25) is 6.17 Å². The smallest absolute Gasteiger partial charge is 0.342 e. The Bertz CT molecular complexity index is 417. The predicted molar refractivity (Wildman–Crippen MR) is 62.1 cm³/mol. The summed E-state index contributed by atoms with van der Waals surface area (Å²) in [6.07, 6.45) is -2.23. The van der Waals surface area contributed by atoms with Crippen LogP contribution in [0.3, 0.4) is 0 Å². The van der Waals surface area contributed by atoms with E-state index in [-0.39, 0.29) is 19.0 Å². The van der Waals surface area contributed by atoms with Gasteiger partial charge in [-0.25, -0.2) is 18.0 Å². The normalized spacial score (nSPS) is 13.4. The molecule has 0 fully saturated rings. The zero-order chi connectivity index (χ0) is 13.0. The fourth-order valence-corrected chi connectivity index (χ4v) is 1.30. The number of rotatable bonds is 4. The number of halogens is 4. The molecule has 1 unspecified atom stereocenters. The molecule has 3 nitrogen and oxygen atoms in total. The first-order valence-electron chi connectivity index (χ1n) is 4.98. The maximum absolute atomic E-state index is 13.5. The molecule has 0 spiro atoms. The average molecular weight is 284 g/mol. The first kappa shape index (κ1) is 16.7. The van der Waals surface area contributed by atoms with Crippen LogP contribution in [-0.4, -0.2) is 18.7 Å². The molecule has 7 heteroatoms. The zero-order valence-corrected chi connectivity index (χ0v) is 10.3. The first-order chi connectivity index (χ1) is 7.97. The molecular formula is C11H13ClF3NO2. The highest BCUT2D eigenvalue weighted by molar-refractivity contribution is 5.85. The number of nitrogens with two attached hydrogens (primary N) is 1. The van der Waals surface area contributed by atoms with Crippen molar-refractivity contribution in [3.8, 4) is 0 Å². The zero-order valence-electron chi connectivity index (χ0n) is 9.53. The third kappa shape index (κ3) is 3.89. The standard InChI is InChI=1S/C11H12F3NO2.ClH/c1-2-17-11(16)9(14)10(15)7-5-6(12)3-4-8(7)13;/h3-5,9-10H,2,15H2,1H3;1H/t9?,10-;/m0./s1. The van der Waals surface area contributed by atoms with Gasteiger partial charge in [0.15, 0.2) is 0 Å². The van der Waals surface area contributed by atoms with Crippen LogP contribution < -0.4 is 5.73 Å².